The summed E-state index contributed by atoms with van der Waals surface area (Å²) in [5.41, 5.74) is 0.412. The van der Waals surface area contributed by atoms with Gasteiger partial charge in [0.05, 0.1) is 0 Å². The molecular formula is C17H24N4O2. The van der Waals surface area contributed by atoms with Crippen molar-refractivity contribution in [2.24, 2.45) is 5.92 Å². The van der Waals surface area contributed by atoms with E-state index in [9.17, 15) is 4.79 Å². The minimum absolute atomic E-state index is 0.215. The van der Waals surface area contributed by atoms with E-state index >= 15 is 0 Å². The van der Waals surface area contributed by atoms with Gasteiger partial charge in [-0.15, -0.1) is 10.2 Å². The molecule has 0 bridgehead atoms. The third-order valence-corrected chi connectivity index (χ3v) is 4.03. The number of carbonyl (C=O) groups excluding carboxylic acids is 1. The lowest BCUT2D eigenvalue weighted by Crippen LogP contribution is -2.43. The second-order valence-corrected chi connectivity index (χ2v) is 7.18. The molecule has 0 saturated carbocycles. The van der Waals surface area contributed by atoms with Crippen LogP contribution in [0.4, 0.5) is 4.79 Å². The third kappa shape index (κ3) is 3.81. The number of fused-ring (bicyclic) bond motifs is 1. The SMILES string of the molecule is CC(C)(C)OC(=O)N1CCCC(Cc2nnc3ccccn23)C1. The fourth-order valence-electron chi connectivity index (χ4n) is 3.01. The fourth-order valence-corrected chi connectivity index (χ4v) is 3.01. The van der Waals surface area contributed by atoms with Crippen LogP contribution in [-0.4, -0.2) is 44.3 Å². The summed E-state index contributed by atoms with van der Waals surface area (Å²) in [6.07, 6.45) is 4.69. The number of carbonyl (C=O) groups is 1. The summed E-state index contributed by atoms with van der Waals surface area (Å²) in [5, 5.41) is 8.49. The smallest absolute Gasteiger partial charge is 0.410 e. The molecule has 1 atom stereocenters. The molecule has 2 aromatic rings. The van der Waals surface area contributed by atoms with Crippen molar-refractivity contribution in [2.75, 3.05) is 13.1 Å². The van der Waals surface area contributed by atoms with Crippen molar-refractivity contribution in [1.29, 1.82) is 0 Å². The van der Waals surface area contributed by atoms with Crippen LogP contribution < -0.4 is 0 Å². The number of rotatable bonds is 2. The lowest BCUT2D eigenvalue weighted by Gasteiger charge is -2.33. The number of pyridine rings is 1. The van der Waals surface area contributed by atoms with Crippen molar-refractivity contribution in [3.05, 3.63) is 30.2 Å². The van der Waals surface area contributed by atoms with Gasteiger partial charge in [-0.3, -0.25) is 4.40 Å². The minimum Gasteiger partial charge on any atom is -0.444 e. The predicted octanol–water partition coefficient (Wildman–Crippen LogP) is 2.92. The van der Waals surface area contributed by atoms with Gasteiger partial charge in [0.1, 0.15) is 11.4 Å². The molecule has 3 rings (SSSR count). The molecule has 2 aromatic heterocycles. The first-order valence-electron chi connectivity index (χ1n) is 8.19. The first kappa shape index (κ1) is 15.8. The zero-order valence-electron chi connectivity index (χ0n) is 14.0. The summed E-state index contributed by atoms with van der Waals surface area (Å²) in [5.74, 6) is 1.35. The van der Waals surface area contributed by atoms with Gasteiger partial charge in [0.25, 0.3) is 0 Å². The van der Waals surface area contributed by atoms with Gasteiger partial charge in [-0.2, -0.15) is 0 Å². The standard InChI is InChI=1S/C17H24N4O2/c1-17(2,3)23-16(22)20-9-6-7-13(12-20)11-15-19-18-14-8-4-5-10-21(14)15/h4-5,8,10,13H,6-7,9,11-12H2,1-3H3. The zero-order valence-corrected chi connectivity index (χ0v) is 14.0. The van der Waals surface area contributed by atoms with Crippen LogP contribution in [0.15, 0.2) is 24.4 Å². The Hall–Kier alpha value is -2.11. The van der Waals surface area contributed by atoms with Crippen molar-refractivity contribution in [3.8, 4) is 0 Å². The Labute approximate surface area is 136 Å². The molecule has 1 fully saturated rings. The number of likely N-dealkylation sites (tertiary alicyclic amines) is 1. The van der Waals surface area contributed by atoms with Crippen LogP contribution in [0.5, 0.6) is 0 Å². The highest BCUT2D eigenvalue weighted by molar-refractivity contribution is 5.68. The number of aromatic nitrogens is 3. The molecule has 1 saturated heterocycles. The summed E-state index contributed by atoms with van der Waals surface area (Å²) < 4.78 is 7.51. The number of amides is 1. The van der Waals surface area contributed by atoms with Crippen molar-refractivity contribution in [2.45, 2.75) is 45.6 Å². The van der Waals surface area contributed by atoms with E-state index in [4.69, 9.17) is 4.74 Å². The van der Waals surface area contributed by atoms with Gasteiger partial charge < -0.3 is 9.64 Å². The lowest BCUT2D eigenvalue weighted by molar-refractivity contribution is 0.0165. The van der Waals surface area contributed by atoms with Crippen LogP contribution in [0, 0.1) is 5.92 Å². The molecule has 0 aromatic carbocycles. The Kier molecular flexibility index (Phi) is 4.24. The van der Waals surface area contributed by atoms with Crippen LogP contribution in [0.1, 0.15) is 39.4 Å². The van der Waals surface area contributed by atoms with Gasteiger partial charge in [-0.05, 0) is 51.7 Å². The van der Waals surface area contributed by atoms with Gasteiger partial charge in [-0.25, -0.2) is 4.79 Å². The van der Waals surface area contributed by atoms with Crippen molar-refractivity contribution < 1.29 is 9.53 Å². The molecule has 0 N–H and O–H groups in total. The summed E-state index contributed by atoms with van der Waals surface area (Å²) >= 11 is 0. The van der Waals surface area contributed by atoms with Gasteiger partial charge in [0.15, 0.2) is 5.65 Å². The Morgan fingerprint density at radius 2 is 2.17 bits per heavy atom. The van der Waals surface area contributed by atoms with Crippen LogP contribution in [-0.2, 0) is 11.2 Å². The van der Waals surface area contributed by atoms with Gasteiger partial charge in [0.2, 0.25) is 0 Å². The first-order chi connectivity index (χ1) is 10.9. The minimum atomic E-state index is -0.451. The van der Waals surface area contributed by atoms with Gasteiger partial charge in [0, 0.05) is 25.7 Å². The molecule has 1 aliphatic rings. The maximum atomic E-state index is 12.2. The second kappa shape index (κ2) is 6.18. The molecule has 1 aliphatic heterocycles. The zero-order chi connectivity index (χ0) is 16.4. The Morgan fingerprint density at radius 3 is 2.96 bits per heavy atom. The number of piperidine rings is 1. The largest absolute Gasteiger partial charge is 0.444 e. The van der Waals surface area contributed by atoms with Crippen molar-refractivity contribution >= 4 is 11.7 Å². The normalized spacial score (nSPS) is 19.1. The molecule has 6 nitrogen and oxygen atoms in total. The molecule has 3 heterocycles. The summed E-state index contributed by atoms with van der Waals surface area (Å²) in [6, 6.07) is 5.89. The molecule has 1 unspecified atom stereocenters. The van der Waals surface area contributed by atoms with E-state index < -0.39 is 5.60 Å². The first-order valence-corrected chi connectivity index (χ1v) is 8.19. The lowest BCUT2D eigenvalue weighted by atomic mass is 9.95. The highest BCUT2D eigenvalue weighted by atomic mass is 16.6. The average molecular weight is 316 g/mol. The summed E-state index contributed by atoms with van der Waals surface area (Å²) in [7, 11) is 0. The molecule has 23 heavy (non-hydrogen) atoms. The van der Waals surface area contributed by atoms with Crippen LogP contribution in [0.3, 0.4) is 0 Å². The highest BCUT2D eigenvalue weighted by Gasteiger charge is 2.28. The van der Waals surface area contributed by atoms with Crippen LogP contribution in [0.2, 0.25) is 0 Å². The molecule has 0 spiro atoms. The Balaban J connectivity index is 1.66. The summed E-state index contributed by atoms with van der Waals surface area (Å²) in [4.78, 5) is 14.1. The number of hydrogen-bond acceptors (Lipinski definition) is 4. The predicted molar refractivity (Wildman–Crippen MR) is 87.2 cm³/mol. The topological polar surface area (TPSA) is 59.7 Å². The van der Waals surface area contributed by atoms with Gasteiger partial charge >= 0.3 is 6.09 Å². The van der Waals surface area contributed by atoms with E-state index in [0.29, 0.717) is 5.92 Å². The quantitative estimate of drug-likeness (QED) is 0.855. The monoisotopic (exact) mass is 316 g/mol. The third-order valence-electron chi connectivity index (χ3n) is 4.03. The molecule has 1 amide bonds. The maximum absolute atomic E-state index is 12.2. The van der Waals surface area contributed by atoms with Gasteiger partial charge in [-0.1, -0.05) is 6.07 Å². The molecule has 6 heteroatoms. The van der Waals surface area contributed by atoms with Crippen molar-refractivity contribution in [3.63, 3.8) is 0 Å². The van der Waals surface area contributed by atoms with E-state index in [-0.39, 0.29) is 6.09 Å². The van der Waals surface area contributed by atoms with E-state index in [1.807, 2.05) is 54.5 Å². The highest BCUT2D eigenvalue weighted by Crippen LogP contribution is 2.22. The van der Waals surface area contributed by atoms with E-state index in [1.165, 1.54) is 0 Å². The molecule has 124 valence electrons. The number of nitrogens with zero attached hydrogens (tertiary/aromatic N) is 4. The van der Waals surface area contributed by atoms with Crippen LogP contribution in [0.25, 0.3) is 5.65 Å². The van der Waals surface area contributed by atoms with Crippen LogP contribution >= 0.6 is 0 Å². The summed E-state index contributed by atoms with van der Waals surface area (Å²) in [6.45, 7) is 7.18. The Morgan fingerprint density at radius 1 is 1.35 bits per heavy atom. The molecule has 0 radical (unpaired) electrons. The molecular weight excluding hydrogens is 292 g/mol. The van der Waals surface area contributed by atoms with E-state index in [0.717, 1.165) is 43.8 Å². The maximum Gasteiger partial charge on any atom is 0.410 e. The average Bonchev–Trinajstić information content (AvgIpc) is 2.89. The number of hydrogen-bond donors (Lipinski definition) is 0. The molecule has 0 aliphatic carbocycles. The Bertz CT molecular complexity index is 689. The van der Waals surface area contributed by atoms with Crippen molar-refractivity contribution in [1.82, 2.24) is 19.5 Å². The van der Waals surface area contributed by atoms with E-state index in [2.05, 4.69) is 10.2 Å². The second-order valence-electron chi connectivity index (χ2n) is 7.18. The van der Waals surface area contributed by atoms with E-state index in [1.54, 1.807) is 0 Å². The fraction of sp³-hybridized carbons (Fsp3) is 0.588. The number of ether oxygens (including phenoxy) is 1.